The van der Waals surface area contributed by atoms with Crippen LogP contribution in [-0.2, 0) is 9.13 Å². The molecule has 162 valence electrons. The van der Waals surface area contributed by atoms with Gasteiger partial charge in [-0.2, -0.15) is 0 Å². The van der Waals surface area contributed by atoms with Crippen molar-refractivity contribution in [2.45, 2.75) is 38.5 Å². The van der Waals surface area contributed by atoms with Crippen molar-refractivity contribution in [3.05, 3.63) is 53.1 Å². The van der Waals surface area contributed by atoms with Gasteiger partial charge in [-0.15, -0.1) is 0 Å². The lowest BCUT2D eigenvalue weighted by atomic mass is 10.1. The summed E-state index contributed by atoms with van der Waals surface area (Å²) < 4.78 is 22.5. The Hall–Kier alpha value is -1.73. The molecule has 0 saturated heterocycles. The Morgan fingerprint density at radius 2 is 1.62 bits per heavy atom. The third-order valence-corrected chi connectivity index (χ3v) is 7.98. The van der Waals surface area contributed by atoms with Crippen molar-refractivity contribution in [1.82, 2.24) is 0 Å². The normalized spacial score (nSPS) is 13.6. The van der Waals surface area contributed by atoms with Crippen molar-refractivity contribution in [2.24, 2.45) is 0 Å². The summed E-state index contributed by atoms with van der Waals surface area (Å²) in [6, 6.07) is 6.59. The number of benzene rings is 1. The van der Waals surface area contributed by atoms with Crippen LogP contribution in [0.4, 0.5) is 5.69 Å². The minimum atomic E-state index is -4.91. The molecule has 1 aromatic rings. The summed E-state index contributed by atoms with van der Waals surface area (Å²) in [6.45, 7) is 4.06. The van der Waals surface area contributed by atoms with Crippen LogP contribution >= 0.6 is 15.2 Å². The average molecular weight is 447 g/mol. The van der Waals surface area contributed by atoms with Gasteiger partial charge in [0.1, 0.15) is 0 Å². The van der Waals surface area contributed by atoms with Crippen molar-refractivity contribution >= 4 is 26.8 Å². The molecular formula is C18H27NO8P2. The molecule has 0 radical (unpaired) electrons. The lowest BCUT2D eigenvalue weighted by molar-refractivity contribution is 0.0697. The molecular weight excluding hydrogens is 420 g/mol. The molecule has 0 heterocycles. The third-order valence-electron chi connectivity index (χ3n) is 4.20. The standard InChI is InChI=1S/C18H27NO8P2/c1-13(10-11-17(28(22,23)24)29(25,26)27)6-5-7-14(2)12-19-16-9-4-3-8-15(16)18(20)21/h3-4,7-10,17,19H,5-6,11-12H2,1-2H3,(H,20,21)(H2,22,23,24)(H2,25,26,27)/b13-10+,14-7+. The van der Waals surface area contributed by atoms with Gasteiger partial charge in [-0.1, -0.05) is 35.4 Å². The molecule has 0 saturated carbocycles. The van der Waals surface area contributed by atoms with Gasteiger partial charge in [0, 0.05) is 12.2 Å². The topological polar surface area (TPSA) is 164 Å². The first-order valence-electron chi connectivity index (χ1n) is 8.80. The molecule has 0 aromatic heterocycles. The second-order valence-electron chi connectivity index (χ2n) is 6.74. The third kappa shape index (κ3) is 9.09. The summed E-state index contributed by atoms with van der Waals surface area (Å²) in [5.74, 6) is -1.01. The number of rotatable bonds is 11. The van der Waals surface area contributed by atoms with Crippen LogP contribution in [0.5, 0.6) is 0 Å². The second kappa shape index (κ2) is 10.9. The number of carboxylic acid groups (broad SMARTS) is 1. The maximum absolute atomic E-state index is 11.3. The number of hydrogen-bond acceptors (Lipinski definition) is 4. The molecule has 0 amide bonds. The van der Waals surface area contributed by atoms with Crippen molar-refractivity contribution < 1.29 is 38.6 Å². The van der Waals surface area contributed by atoms with Crippen LogP contribution in [0.3, 0.4) is 0 Å². The summed E-state index contributed by atoms with van der Waals surface area (Å²) in [5.41, 5.74) is 2.43. The highest BCUT2D eigenvalue weighted by Crippen LogP contribution is 2.61. The Labute approximate surface area is 169 Å². The molecule has 11 heteroatoms. The molecule has 1 aromatic carbocycles. The van der Waals surface area contributed by atoms with Crippen LogP contribution in [0, 0.1) is 0 Å². The van der Waals surface area contributed by atoms with E-state index in [1.807, 2.05) is 13.0 Å². The maximum atomic E-state index is 11.3. The molecule has 0 fully saturated rings. The Kier molecular flexibility index (Phi) is 9.49. The van der Waals surface area contributed by atoms with Gasteiger partial charge in [0.25, 0.3) is 0 Å². The van der Waals surface area contributed by atoms with Gasteiger partial charge in [-0.05, 0) is 45.2 Å². The van der Waals surface area contributed by atoms with E-state index in [4.69, 9.17) is 24.7 Å². The SMILES string of the molecule is C/C(=C\CC(P(=O)(O)O)P(=O)(O)O)CC/C=C(\C)CNc1ccccc1C(=O)O. The minimum Gasteiger partial charge on any atom is -0.478 e. The van der Waals surface area contributed by atoms with Crippen molar-refractivity contribution in [1.29, 1.82) is 0 Å². The van der Waals surface area contributed by atoms with Gasteiger partial charge < -0.3 is 30.0 Å². The fourth-order valence-corrected chi connectivity index (χ4v) is 4.88. The molecule has 0 aliphatic carbocycles. The number of hydrogen-bond donors (Lipinski definition) is 6. The molecule has 9 nitrogen and oxygen atoms in total. The average Bonchev–Trinajstić information content (AvgIpc) is 2.57. The predicted molar refractivity (Wildman–Crippen MR) is 111 cm³/mol. The summed E-state index contributed by atoms with van der Waals surface area (Å²) >= 11 is 0. The van der Waals surface area contributed by atoms with Crippen LogP contribution in [0.2, 0.25) is 0 Å². The quantitative estimate of drug-likeness (QED) is 0.220. The molecule has 6 N–H and O–H groups in total. The predicted octanol–water partition coefficient (Wildman–Crippen LogP) is 3.54. The smallest absolute Gasteiger partial charge is 0.341 e. The van der Waals surface area contributed by atoms with E-state index < -0.39 is 33.0 Å². The second-order valence-corrected chi connectivity index (χ2v) is 10.7. The highest BCUT2D eigenvalue weighted by atomic mass is 31.2. The first-order chi connectivity index (χ1) is 13.3. The molecule has 0 aliphatic rings. The number of allylic oxidation sites excluding steroid dienone is 3. The van der Waals surface area contributed by atoms with E-state index in [9.17, 15) is 13.9 Å². The maximum Gasteiger partial charge on any atom is 0.341 e. The van der Waals surface area contributed by atoms with Gasteiger partial charge in [-0.25, -0.2) is 4.79 Å². The fraction of sp³-hybridized carbons (Fsp3) is 0.389. The lowest BCUT2D eigenvalue weighted by Gasteiger charge is -2.18. The molecule has 0 unspecified atom stereocenters. The zero-order valence-corrected chi connectivity index (χ0v) is 18.0. The van der Waals surface area contributed by atoms with Crippen LogP contribution in [0.25, 0.3) is 0 Å². The number of carboxylic acids is 1. The van der Waals surface area contributed by atoms with Gasteiger partial charge in [-0.3, -0.25) is 9.13 Å². The summed E-state index contributed by atoms with van der Waals surface area (Å²) in [7, 11) is -9.83. The minimum absolute atomic E-state index is 0.184. The van der Waals surface area contributed by atoms with Crippen LogP contribution in [0.1, 0.15) is 43.5 Å². The van der Waals surface area contributed by atoms with Crippen LogP contribution < -0.4 is 5.32 Å². The van der Waals surface area contributed by atoms with E-state index in [1.165, 1.54) is 12.1 Å². The molecule has 0 bridgehead atoms. The Morgan fingerprint density at radius 3 is 2.17 bits per heavy atom. The molecule has 1 rings (SSSR count). The summed E-state index contributed by atoms with van der Waals surface area (Å²) in [6.07, 6.45) is 4.14. The van der Waals surface area contributed by atoms with Crippen LogP contribution in [-0.4, -0.2) is 42.6 Å². The molecule has 0 spiro atoms. The Bertz CT molecular complexity index is 846. The lowest BCUT2D eigenvalue weighted by Crippen LogP contribution is -2.08. The van der Waals surface area contributed by atoms with E-state index in [0.29, 0.717) is 25.1 Å². The van der Waals surface area contributed by atoms with Crippen molar-refractivity contribution in [3.63, 3.8) is 0 Å². The van der Waals surface area contributed by atoms with Gasteiger partial charge in [0.15, 0.2) is 5.40 Å². The van der Waals surface area contributed by atoms with Gasteiger partial charge >= 0.3 is 21.2 Å². The zero-order chi connectivity index (χ0) is 22.2. The molecule has 0 aliphatic heterocycles. The largest absolute Gasteiger partial charge is 0.478 e. The number of aromatic carboxylic acids is 1. The number of nitrogens with one attached hydrogen (secondary N) is 1. The monoisotopic (exact) mass is 447 g/mol. The molecule has 29 heavy (non-hydrogen) atoms. The molecule has 0 atom stereocenters. The summed E-state index contributed by atoms with van der Waals surface area (Å²) in [5, 5.41) is 10.2. The number of anilines is 1. The van der Waals surface area contributed by atoms with Crippen molar-refractivity contribution in [2.75, 3.05) is 11.9 Å². The Balaban J connectivity index is 2.59. The van der Waals surface area contributed by atoms with Crippen LogP contribution in [0.15, 0.2) is 47.6 Å². The summed E-state index contributed by atoms with van der Waals surface area (Å²) in [4.78, 5) is 47.7. The van der Waals surface area contributed by atoms with E-state index in [1.54, 1.807) is 25.1 Å². The number of carbonyl (C=O) groups is 1. The van der Waals surface area contributed by atoms with E-state index >= 15 is 0 Å². The van der Waals surface area contributed by atoms with E-state index in [2.05, 4.69) is 5.32 Å². The first kappa shape index (κ1) is 25.3. The highest BCUT2D eigenvalue weighted by Gasteiger charge is 2.42. The van der Waals surface area contributed by atoms with E-state index in [0.717, 1.165) is 11.1 Å². The van der Waals surface area contributed by atoms with E-state index in [-0.39, 0.29) is 5.56 Å². The highest BCUT2D eigenvalue weighted by molar-refractivity contribution is 7.70. The fourth-order valence-electron chi connectivity index (χ4n) is 2.56. The first-order valence-corrected chi connectivity index (χ1v) is 12.2. The zero-order valence-electron chi connectivity index (χ0n) is 16.2. The number of para-hydroxylation sites is 1. The van der Waals surface area contributed by atoms with Gasteiger partial charge in [0.2, 0.25) is 0 Å². The Morgan fingerprint density at radius 1 is 1.03 bits per heavy atom. The van der Waals surface area contributed by atoms with Gasteiger partial charge in [0.05, 0.1) is 5.56 Å². The van der Waals surface area contributed by atoms with Crippen molar-refractivity contribution in [3.8, 4) is 0 Å².